The molecule has 1 aromatic rings. The van der Waals surface area contributed by atoms with Crippen molar-refractivity contribution in [1.82, 2.24) is 0 Å². The molecule has 0 atom stereocenters. The summed E-state index contributed by atoms with van der Waals surface area (Å²) in [5.74, 6) is 0.673. The minimum atomic E-state index is -2.52. The molecule has 0 saturated carbocycles. The lowest BCUT2D eigenvalue weighted by atomic mass is 10.2. The number of halogens is 2. The number of thioether (sulfide) groups is 1. The van der Waals surface area contributed by atoms with Gasteiger partial charge in [-0.2, -0.15) is 0 Å². The fourth-order valence-corrected chi connectivity index (χ4v) is 2.31. The van der Waals surface area contributed by atoms with Crippen LogP contribution in [0.25, 0.3) is 0 Å². The highest BCUT2D eigenvalue weighted by molar-refractivity contribution is 7.99. The van der Waals surface area contributed by atoms with E-state index in [1.807, 2.05) is 12.1 Å². The number of nitrogen functional groups attached to an aromatic ring is 1. The molecule has 0 aliphatic carbocycles. The first kappa shape index (κ1) is 17.7. The van der Waals surface area contributed by atoms with Crippen LogP contribution in [0.15, 0.2) is 23.1 Å². The number of rotatable bonds is 9. The van der Waals surface area contributed by atoms with Crippen LogP contribution in [0.2, 0.25) is 0 Å². The van der Waals surface area contributed by atoms with E-state index in [9.17, 15) is 13.6 Å². The molecule has 0 aliphatic rings. The third-order valence-corrected chi connectivity index (χ3v) is 3.69. The van der Waals surface area contributed by atoms with E-state index >= 15 is 0 Å². The number of benzene rings is 1. The number of carbonyl (C=O) groups is 1. The summed E-state index contributed by atoms with van der Waals surface area (Å²) in [6, 6.07) is 5.45. The molecule has 0 spiro atoms. The van der Waals surface area contributed by atoms with Gasteiger partial charge in [0.25, 0.3) is 6.43 Å². The smallest absolute Gasteiger partial charge is 0.261 e. The van der Waals surface area contributed by atoms with Gasteiger partial charge in [-0.25, -0.2) is 8.78 Å². The number of hydrogen-bond donors (Lipinski definition) is 2. The van der Waals surface area contributed by atoms with Gasteiger partial charge >= 0.3 is 0 Å². The molecule has 7 heteroatoms. The van der Waals surface area contributed by atoms with Crippen LogP contribution >= 0.6 is 11.8 Å². The number of carbonyl (C=O) groups excluding carboxylic acids is 1. The fourth-order valence-electron chi connectivity index (χ4n) is 1.50. The molecule has 3 N–H and O–H groups in total. The lowest BCUT2D eigenvalue weighted by Crippen LogP contribution is -2.16. The molecular weight excluding hydrogens is 298 g/mol. The van der Waals surface area contributed by atoms with Gasteiger partial charge in [-0.1, -0.05) is 6.92 Å². The summed E-state index contributed by atoms with van der Waals surface area (Å²) < 4.78 is 28.4. The topological polar surface area (TPSA) is 64.3 Å². The molecule has 21 heavy (non-hydrogen) atoms. The van der Waals surface area contributed by atoms with Crippen molar-refractivity contribution in [2.45, 2.75) is 31.1 Å². The molecule has 4 nitrogen and oxygen atoms in total. The number of nitrogens with two attached hydrogens (primary N) is 1. The van der Waals surface area contributed by atoms with E-state index in [1.165, 1.54) is 0 Å². The Balaban J connectivity index is 2.47. The normalized spacial score (nSPS) is 10.9. The molecular formula is C14H20F2N2O2S. The Labute approximate surface area is 127 Å². The summed E-state index contributed by atoms with van der Waals surface area (Å²) >= 11 is 1.68. The number of amides is 1. The van der Waals surface area contributed by atoms with Crippen LogP contribution in [0.1, 0.15) is 19.8 Å². The number of hydrogen-bond acceptors (Lipinski definition) is 4. The Morgan fingerprint density at radius 2 is 2.24 bits per heavy atom. The summed E-state index contributed by atoms with van der Waals surface area (Å²) in [6.45, 7) is 1.39. The van der Waals surface area contributed by atoms with E-state index in [-0.39, 0.29) is 18.9 Å². The van der Waals surface area contributed by atoms with Crippen molar-refractivity contribution in [3.63, 3.8) is 0 Å². The summed E-state index contributed by atoms with van der Waals surface area (Å²) in [5.41, 5.74) is 6.81. The highest BCUT2D eigenvalue weighted by Crippen LogP contribution is 2.27. The lowest BCUT2D eigenvalue weighted by Gasteiger charge is -2.10. The van der Waals surface area contributed by atoms with Crippen molar-refractivity contribution in [2.24, 2.45) is 0 Å². The van der Waals surface area contributed by atoms with Gasteiger partial charge in [-0.3, -0.25) is 4.79 Å². The largest absolute Gasteiger partial charge is 0.397 e. The van der Waals surface area contributed by atoms with Crippen LogP contribution in [-0.2, 0) is 9.53 Å². The van der Waals surface area contributed by atoms with E-state index in [1.54, 1.807) is 17.8 Å². The van der Waals surface area contributed by atoms with Crippen molar-refractivity contribution < 1.29 is 18.3 Å². The van der Waals surface area contributed by atoms with Crippen molar-refractivity contribution in [3.05, 3.63) is 18.2 Å². The molecule has 0 radical (unpaired) electrons. The maximum Gasteiger partial charge on any atom is 0.261 e. The summed E-state index contributed by atoms with van der Waals surface area (Å²) in [7, 11) is 0. The Morgan fingerprint density at radius 3 is 2.90 bits per heavy atom. The van der Waals surface area contributed by atoms with Crippen molar-refractivity contribution in [2.75, 3.05) is 30.0 Å². The lowest BCUT2D eigenvalue weighted by molar-refractivity contribution is -0.117. The van der Waals surface area contributed by atoms with Crippen LogP contribution in [0.3, 0.4) is 0 Å². The van der Waals surface area contributed by atoms with Crippen molar-refractivity contribution in [1.29, 1.82) is 0 Å². The van der Waals surface area contributed by atoms with Gasteiger partial charge in [-0.15, -0.1) is 11.8 Å². The monoisotopic (exact) mass is 318 g/mol. The van der Waals surface area contributed by atoms with Gasteiger partial charge in [0.1, 0.15) is 6.61 Å². The predicted octanol–water partition coefficient (Wildman–Crippen LogP) is 3.38. The quantitative estimate of drug-likeness (QED) is 0.416. The first-order chi connectivity index (χ1) is 10.0. The average Bonchev–Trinajstić information content (AvgIpc) is 2.44. The molecule has 0 fully saturated rings. The van der Waals surface area contributed by atoms with Crippen molar-refractivity contribution in [3.8, 4) is 0 Å². The Kier molecular flexibility index (Phi) is 8.07. The van der Waals surface area contributed by atoms with E-state index in [2.05, 4.69) is 17.0 Å². The minimum Gasteiger partial charge on any atom is -0.397 e. The molecule has 0 aromatic heterocycles. The van der Waals surface area contributed by atoms with E-state index < -0.39 is 13.0 Å². The third kappa shape index (κ3) is 7.29. The first-order valence-electron chi connectivity index (χ1n) is 6.71. The Hall–Kier alpha value is -1.34. The SMILES string of the molecule is CCCSc1ccc(N)c(NC(=O)CCOCC(F)F)c1. The van der Waals surface area contributed by atoms with Crippen LogP contribution in [-0.4, -0.2) is 31.3 Å². The highest BCUT2D eigenvalue weighted by Gasteiger charge is 2.08. The maximum absolute atomic E-state index is 11.9. The van der Waals surface area contributed by atoms with E-state index in [4.69, 9.17) is 5.73 Å². The summed E-state index contributed by atoms with van der Waals surface area (Å²) in [5, 5.41) is 2.67. The third-order valence-electron chi connectivity index (χ3n) is 2.49. The average molecular weight is 318 g/mol. The highest BCUT2D eigenvalue weighted by atomic mass is 32.2. The molecule has 1 rings (SSSR count). The number of nitrogens with one attached hydrogen (secondary N) is 1. The zero-order valence-electron chi connectivity index (χ0n) is 11.9. The summed E-state index contributed by atoms with van der Waals surface area (Å²) in [6.07, 6.45) is -1.45. The molecule has 1 amide bonds. The molecule has 0 aliphatic heterocycles. The number of alkyl halides is 2. The van der Waals surface area contributed by atoms with Gasteiger partial charge in [0.2, 0.25) is 5.91 Å². The second-order valence-corrected chi connectivity index (χ2v) is 5.53. The van der Waals surface area contributed by atoms with Gasteiger partial charge < -0.3 is 15.8 Å². The van der Waals surface area contributed by atoms with Gasteiger partial charge in [0.05, 0.1) is 24.4 Å². The number of ether oxygens (including phenoxy) is 1. The maximum atomic E-state index is 11.9. The molecule has 0 heterocycles. The van der Waals surface area contributed by atoms with Crippen LogP contribution in [0.4, 0.5) is 20.2 Å². The van der Waals surface area contributed by atoms with Crippen LogP contribution in [0.5, 0.6) is 0 Å². The molecule has 1 aromatic carbocycles. The minimum absolute atomic E-state index is 0.0124. The van der Waals surface area contributed by atoms with Gasteiger partial charge in [0, 0.05) is 4.90 Å². The zero-order valence-corrected chi connectivity index (χ0v) is 12.7. The Bertz CT molecular complexity index is 459. The van der Waals surface area contributed by atoms with Crippen LogP contribution < -0.4 is 11.1 Å². The second kappa shape index (κ2) is 9.57. The van der Waals surface area contributed by atoms with Crippen LogP contribution in [0, 0.1) is 0 Å². The second-order valence-electron chi connectivity index (χ2n) is 4.36. The van der Waals surface area contributed by atoms with E-state index in [0.29, 0.717) is 11.4 Å². The van der Waals surface area contributed by atoms with Gasteiger partial charge in [-0.05, 0) is 30.4 Å². The zero-order chi connectivity index (χ0) is 15.7. The molecule has 0 bridgehead atoms. The van der Waals surface area contributed by atoms with E-state index in [0.717, 1.165) is 17.1 Å². The molecule has 0 unspecified atom stereocenters. The first-order valence-corrected chi connectivity index (χ1v) is 7.69. The van der Waals surface area contributed by atoms with Gasteiger partial charge in [0.15, 0.2) is 0 Å². The Morgan fingerprint density at radius 1 is 1.48 bits per heavy atom. The predicted molar refractivity (Wildman–Crippen MR) is 81.9 cm³/mol. The summed E-state index contributed by atoms with van der Waals surface area (Å²) in [4.78, 5) is 12.7. The molecule has 118 valence electrons. The number of anilines is 2. The molecule has 0 saturated heterocycles. The standard InChI is InChI=1S/C14H20F2N2O2S/c1-2-7-21-10-3-4-11(17)12(8-10)18-14(19)5-6-20-9-13(15)16/h3-4,8,13H,2,5-7,9,17H2,1H3,(H,18,19). The fraction of sp³-hybridized carbons (Fsp3) is 0.500. The van der Waals surface area contributed by atoms with Crippen molar-refractivity contribution >= 4 is 29.0 Å².